The lowest BCUT2D eigenvalue weighted by atomic mass is 9.33. The van der Waals surface area contributed by atoms with Gasteiger partial charge in [0.1, 0.15) is 0 Å². The van der Waals surface area contributed by atoms with E-state index < -0.39 is 11.5 Å². The number of fused-ring (bicyclic) bond motifs is 7. The van der Waals surface area contributed by atoms with Gasteiger partial charge >= 0.3 is 0 Å². The lowest BCUT2D eigenvalue weighted by molar-refractivity contribution is -0.217. The second-order valence-corrected chi connectivity index (χ2v) is 16.0. The number of allylic oxidation sites excluding steroid dienone is 1. The van der Waals surface area contributed by atoms with Gasteiger partial charge in [0.05, 0.1) is 13.2 Å². The molecule has 0 radical (unpaired) electrons. The molecule has 6 nitrogen and oxygen atoms in total. The minimum Gasteiger partial charge on any atom is -0.389 e. The number of amides is 1. The summed E-state index contributed by atoms with van der Waals surface area (Å²) in [5.74, 6) is 0.784. The number of rotatable bonds is 3. The quantitative estimate of drug-likeness (QED) is 0.232. The maximum Gasteiger partial charge on any atom is 0.251 e. The van der Waals surface area contributed by atoms with Crippen LogP contribution in [0.15, 0.2) is 11.6 Å². The standard InChI is InChI=1S/C32H54N2O4/c1-27(2)23-10-13-32(7)25(30(23,5)12-11-24(27)33-38-9)22(35)18-20-21-19-29(4,26(36)34(8)37)15-14-28(21,3)16-17-31(20,32)6/h18,21-25,33,35,37H,10-17,19H2,1-9H3. The summed E-state index contributed by atoms with van der Waals surface area (Å²) in [4.78, 5) is 18.5. The Morgan fingerprint density at radius 1 is 1.00 bits per heavy atom. The number of hydrogen-bond donors (Lipinski definition) is 3. The van der Waals surface area contributed by atoms with E-state index in [1.807, 2.05) is 6.92 Å². The van der Waals surface area contributed by atoms with Gasteiger partial charge in [0.15, 0.2) is 0 Å². The van der Waals surface area contributed by atoms with Crippen LogP contribution in [0.5, 0.6) is 0 Å². The van der Waals surface area contributed by atoms with Crippen molar-refractivity contribution in [2.24, 2.45) is 50.2 Å². The van der Waals surface area contributed by atoms with Gasteiger partial charge < -0.3 is 9.94 Å². The third-order valence-electron chi connectivity index (χ3n) is 13.9. The molecule has 1 amide bonds. The van der Waals surface area contributed by atoms with E-state index in [0.717, 1.165) is 56.4 Å². The zero-order chi connectivity index (χ0) is 28.1. The van der Waals surface area contributed by atoms with Crippen LogP contribution in [-0.2, 0) is 9.63 Å². The van der Waals surface area contributed by atoms with Gasteiger partial charge in [-0.15, -0.1) is 0 Å². The predicted molar refractivity (Wildman–Crippen MR) is 149 cm³/mol. The number of nitrogens with one attached hydrogen (secondary N) is 1. The van der Waals surface area contributed by atoms with E-state index in [4.69, 9.17) is 4.84 Å². The van der Waals surface area contributed by atoms with Crippen molar-refractivity contribution in [1.82, 2.24) is 10.5 Å². The fourth-order valence-electron chi connectivity index (χ4n) is 11.4. The first-order chi connectivity index (χ1) is 17.5. The van der Waals surface area contributed by atoms with E-state index in [0.29, 0.717) is 12.0 Å². The van der Waals surface area contributed by atoms with Crippen molar-refractivity contribution in [2.45, 2.75) is 118 Å². The predicted octanol–water partition coefficient (Wildman–Crippen LogP) is 6.13. The molecule has 4 fully saturated rings. The Morgan fingerprint density at radius 3 is 2.29 bits per heavy atom. The van der Waals surface area contributed by atoms with Gasteiger partial charge in [-0.1, -0.05) is 60.1 Å². The number of carbonyl (C=O) groups excluding carboxylic acids is 1. The summed E-state index contributed by atoms with van der Waals surface area (Å²) >= 11 is 0. The van der Waals surface area contributed by atoms with Crippen molar-refractivity contribution in [2.75, 3.05) is 14.2 Å². The van der Waals surface area contributed by atoms with Crippen molar-refractivity contribution in [3.05, 3.63) is 11.6 Å². The van der Waals surface area contributed by atoms with E-state index in [1.54, 1.807) is 7.11 Å². The molecule has 5 aliphatic rings. The Morgan fingerprint density at radius 2 is 1.66 bits per heavy atom. The molecule has 10 unspecified atom stereocenters. The molecule has 0 aromatic heterocycles. The van der Waals surface area contributed by atoms with E-state index >= 15 is 0 Å². The van der Waals surface area contributed by atoms with Crippen LogP contribution in [-0.4, -0.2) is 47.6 Å². The second kappa shape index (κ2) is 8.77. The molecule has 0 aromatic rings. The van der Waals surface area contributed by atoms with Gasteiger partial charge in [-0.2, -0.15) is 5.48 Å². The largest absolute Gasteiger partial charge is 0.389 e. The average molecular weight is 531 g/mol. The Kier molecular flexibility index (Phi) is 6.60. The molecule has 5 aliphatic carbocycles. The maximum atomic E-state index is 13.1. The number of carbonyl (C=O) groups is 1. The molecule has 0 spiro atoms. The number of aliphatic hydroxyl groups is 1. The van der Waals surface area contributed by atoms with Crippen molar-refractivity contribution < 1.29 is 19.9 Å². The molecule has 5 rings (SSSR count). The van der Waals surface area contributed by atoms with E-state index in [-0.39, 0.29) is 44.8 Å². The smallest absolute Gasteiger partial charge is 0.251 e. The Bertz CT molecular complexity index is 1010. The normalized spacial score (nSPS) is 51.6. The minimum atomic E-state index is -0.574. The molecule has 38 heavy (non-hydrogen) atoms. The topological polar surface area (TPSA) is 82.0 Å². The molecule has 0 aliphatic heterocycles. The second-order valence-electron chi connectivity index (χ2n) is 16.0. The Balaban J connectivity index is 1.57. The third-order valence-corrected chi connectivity index (χ3v) is 13.9. The van der Waals surface area contributed by atoms with Gasteiger partial charge in [0.2, 0.25) is 0 Å². The van der Waals surface area contributed by atoms with Crippen molar-refractivity contribution >= 4 is 5.91 Å². The number of hydrogen-bond acceptors (Lipinski definition) is 5. The van der Waals surface area contributed by atoms with Gasteiger partial charge in [-0.25, -0.2) is 5.06 Å². The van der Waals surface area contributed by atoms with E-state index in [2.05, 4.69) is 53.1 Å². The minimum absolute atomic E-state index is 0.00671. The van der Waals surface area contributed by atoms with Crippen LogP contribution in [0, 0.1) is 50.2 Å². The maximum absolute atomic E-state index is 13.1. The SMILES string of the molecule is CONC1CCC2(C)C(CCC3(C)C2C(O)C=C2C4CC(C)(C(=O)N(C)O)CCC4(C)CCC23C)C1(C)C. The Labute approximate surface area is 230 Å². The van der Waals surface area contributed by atoms with Gasteiger partial charge in [-0.3, -0.25) is 10.0 Å². The first-order valence-corrected chi connectivity index (χ1v) is 15.2. The van der Waals surface area contributed by atoms with Crippen LogP contribution in [0.4, 0.5) is 0 Å². The van der Waals surface area contributed by atoms with Gasteiger partial charge in [0.25, 0.3) is 5.91 Å². The molecule has 0 heterocycles. The van der Waals surface area contributed by atoms with Crippen molar-refractivity contribution in [3.63, 3.8) is 0 Å². The molecular formula is C32H54N2O4. The molecule has 10 atom stereocenters. The molecule has 0 aromatic carbocycles. The molecule has 0 bridgehead atoms. The fourth-order valence-corrected chi connectivity index (χ4v) is 11.4. The number of aliphatic hydroxyl groups excluding tert-OH is 1. The summed E-state index contributed by atoms with van der Waals surface area (Å²) in [5, 5.41) is 23.0. The summed E-state index contributed by atoms with van der Waals surface area (Å²) < 4.78 is 0. The van der Waals surface area contributed by atoms with Crippen LogP contribution in [0.25, 0.3) is 0 Å². The summed E-state index contributed by atoms with van der Waals surface area (Å²) in [6.45, 7) is 16.7. The molecule has 4 saturated carbocycles. The monoisotopic (exact) mass is 530 g/mol. The highest BCUT2D eigenvalue weighted by Gasteiger charge is 2.70. The zero-order valence-electron chi connectivity index (χ0n) is 25.5. The van der Waals surface area contributed by atoms with Crippen LogP contribution in [0.2, 0.25) is 0 Å². The van der Waals surface area contributed by atoms with Crippen LogP contribution >= 0.6 is 0 Å². The first-order valence-electron chi connectivity index (χ1n) is 15.2. The molecular weight excluding hydrogens is 476 g/mol. The van der Waals surface area contributed by atoms with Gasteiger partial charge in [0, 0.05) is 24.4 Å². The van der Waals surface area contributed by atoms with Gasteiger partial charge in [-0.05, 0) is 96.7 Å². The first kappa shape index (κ1) is 28.6. The number of hydroxylamine groups is 3. The van der Waals surface area contributed by atoms with Crippen LogP contribution in [0.3, 0.4) is 0 Å². The van der Waals surface area contributed by atoms with E-state index in [9.17, 15) is 15.1 Å². The molecule has 3 N–H and O–H groups in total. The third kappa shape index (κ3) is 3.61. The molecule has 216 valence electrons. The van der Waals surface area contributed by atoms with E-state index in [1.165, 1.54) is 19.0 Å². The average Bonchev–Trinajstić information content (AvgIpc) is 2.82. The lowest BCUT2D eigenvalue weighted by Crippen LogP contribution is -2.68. The Hall–Kier alpha value is -0.950. The summed E-state index contributed by atoms with van der Waals surface area (Å²) in [5.41, 5.74) is 4.38. The summed E-state index contributed by atoms with van der Waals surface area (Å²) in [7, 11) is 3.18. The van der Waals surface area contributed by atoms with Crippen molar-refractivity contribution in [1.29, 1.82) is 0 Å². The van der Waals surface area contributed by atoms with Crippen molar-refractivity contribution in [3.8, 4) is 0 Å². The molecule has 6 heteroatoms. The van der Waals surface area contributed by atoms with Crippen LogP contribution < -0.4 is 5.48 Å². The zero-order valence-corrected chi connectivity index (χ0v) is 25.5. The summed E-state index contributed by atoms with van der Waals surface area (Å²) in [6.07, 6.45) is 11.1. The lowest BCUT2D eigenvalue weighted by Gasteiger charge is -2.72. The summed E-state index contributed by atoms with van der Waals surface area (Å²) in [6, 6.07) is 0.315. The highest BCUT2D eigenvalue weighted by atomic mass is 16.6. The molecule has 0 saturated heterocycles. The fraction of sp³-hybridized carbons (Fsp3) is 0.906. The highest BCUT2D eigenvalue weighted by molar-refractivity contribution is 5.81. The number of nitrogens with zero attached hydrogens (tertiary/aromatic N) is 1. The van der Waals surface area contributed by atoms with Crippen LogP contribution in [0.1, 0.15) is 106 Å². The highest BCUT2D eigenvalue weighted by Crippen LogP contribution is 2.75.